The van der Waals surface area contributed by atoms with E-state index in [0.29, 0.717) is 6.54 Å². The van der Waals surface area contributed by atoms with Crippen molar-refractivity contribution in [2.75, 3.05) is 32.8 Å². The number of urea groups is 1. The lowest BCUT2D eigenvalue weighted by Gasteiger charge is -2.43. The van der Waals surface area contributed by atoms with Gasteiger partial charge >= 0.3 is 12.0 Å². The van der Waals surface area contributed by atoms with Crippen LogP contribution in [0.15, 0.2) is 48.5 Å². The van der Waals surface area contributed by atoms with Crippen molar-refractivity contribution in [3.8, 4) is 0 Å². The summed E-state index contributed by atoms with van der Waals surface area (Å²) in [6.45, 7) is 7.43. The first-order chi connectivity index (χ1) is 20.0. The Hall–Kier alpha value is -2.98. The standard InChI is InChI=1S/C32H45N3O6/c1-3-39-29(37)20-34-32(38)33-19-24-9-15-27(16-10-24)31-40-28(21-35-17-7-5-4-6-8-18-35)23(2)30(41-31)26-13-11-25(22-36)12-14-26/h9-16,23,28,30-31,36H,3-8,17-22H2,1-2H3,(H2,33,34,38)/t23-,28+,30+,31+/m1/s1. The first kappa shape index (κ1) is 31.0. The minimum absolute atomic E-state index is 0.000122. The third-order valence-electron chi connectivity index (χ3n) is 7.91. The van der Waals surface area contributed by atoms with Crippen LogP contribution in [0, 0.1) is 5.92 Å². The molecule has 2 aliphatic heterocycles. The molecule has 0 radical (unpaired) electrons. The first-order valence-corrected chi connectivity index (χ1v) is 15.0. The van der Waals surface area contributed by atoms with Crippen molar-refractivity contribution in [1.82, 2.24) is 15.5 Å². The number of nitrogens with zero attached hydrogens (tertiary/aromatic N) is 1. The minimum Gasteiger partial charge on any atom is -0.465 e. The average Bonchev–Trinajstić information content (AvgIpc) is 2.97. The summed E-state index contributed by atoms with van der Waals surface area (Å²) in [6, 6.07) is 15.4. The number of esters is 1. The van der Waals surface area contributed by atoms with E-state index in [2.05, 4.69) is 22.5 Å². The molecule has 41 heavy (non-hydrogen) atoms. The second kappa shape index (κ2) is 15.9. The smallest absolute Gasteiger partial charge is 0.325 e. The molecule has 2 aliphatic rings. The number of amides is 2. The van der Waals surface area contributed by atoms with E-state index in [0.717, 1.165) is 41.9 Å². The van der Waals surface area contributed by atoms with E-state index in [4.69, 9.17) is 14.2 Å². The van der Waals surface area contributed by atoms with Gasteiger partial charge in [0.05, 0.1) is 25.4 Å². The van der Waals surface area contributed by atoms with Gasteiger partial charge in [-0.05, 0) is 49.5 Å². The van der Waals surface area contributed by atoms with Crippen molar-refractivity contribution in [2.24, 2.45) is 5.92 Å². The van der Waals surface area contributed by atoms with Crippen LogP contribution in [-0.4, -0.2) is 60.9 Å². The molecule has 0 aliphatic carbocycles. The van der Waals surface area contributed by atoms with Crippen LogP contribution in [0.3, 0.4) is 0 Å². The van der Waals surface area contributed by atoms with Crippen LogP contribution in [-0.2, 0) is 32.2 Å². The normalized spacial score (nSPS) is 23.7. The van der Waals surface area contributed by atoms with Crippen LogP contribution in [0.25, 0.3) is 0 Å². The number of ether oxygens (including phenoxy) is 3. The Morgan fingerprint density at radius 2 is 1.54 bits per heavy atom. The molecule has 0 spiro atoms. The van der Waals surface area contributed by atoms with Crippen LogP contribution in [0.1, 0.15) is 80.6 Å². The van der Waals surface area contributed by atoms with Gasteiger partial charge in [-0.1, -0.05) is 74.7 Å². The first-order valence-electron chi connectivity index (χ1n) is 15.0. The maximum absolute atomic E-state index is 12.0. The molecule has 2 aromatic rings. The molecule has 224 valence electrons. The third-order valence-corrected chi connectivity index (χ3v) is 7.91. The van der Waals surface area contributed by atoms with Gasteiger partial charge in [0.25, 0.3) is 0 Å². The SMILES string of the molecule is CCOC(=O)CNC(=O)NCc1ccc([C@H]2O[C@@H](CN3CCCCCCC3)[C@@H](C)[C@@H](c3ccc(CO)cc3)O2)cc1. The predicted octanol–water partition coefficient (Wildman–Crippen LogP) is 4.60. The zero-order valence-corrected chi connectivity index (χ0v) is 24.3. The maximum atomic E-state index is 12.0. The summed E-state index contributed by atoms with van der Waals surface area (Å²) in [5.74, 6) is -0.325. The summed E-state index contributed by atoms with van der Waals surface area (Å²) in [5, 5.41) is 14.8. The molecule has 0 saturated carbocycles. The largest absolute Gasteiger partial charge is 0.465 e. The molecule has 0 unspecified atom stereocenters. The highest BCUT2D eigenvalue weighted by Gasteiger charge is 2.39. The highest BCUT2D eigenvalue weighted by molar-refractivity contribution is 5.80. The molecule has 2 saturated heterocycles. The fraction of sp³-hybridized carbons (Fsp3) is 0.562. The second-order valence-corrected chi connectivity index (χ2v) is 11.0. The van der Waals surface area contributed by atoms with E-state index in [-0.39, 0.29) is 37.9 Å². The Labute approximate surface area is 243 Å². The van der Waals surface area contributed by atoms with Crippen LogP contribution >= 0.6 is 0 Å². The van der Waals surface area contributed by atoms with Crippen molar-refractivity contribution < 1.29 is 28.9 Å². The van der Waals surface area contributed by atoms with Crippen molar-refractivity contribution in [3.05, 3.63) is 70.8 Å². The van der Waals surface area contributed by atoms with Crippen LogP contribution in [0.4, 0.5) is 4.79 Å². The summed E-state index contributed by atoms with van der Waals surface area (Å²) >= 11 is 0. The summed E-state index contributed by atoms with van der Waals surface area (Å²) in [7, 11) is 0. The Balaban J connectivity index is 1.43. The van der Waals surface area contributed by atoms with Crippen LogP contribution < -0.4 is 10.6 Å². The number of aliphatic hydroxyl groups is 1. The lowest BCUT2D eigenvalue weighted by molar-refractivity contribution is -0.276. The zero-order chi connectivity index (χ0) is 29.0. The van der Waals surface area contributed by atoms with E-state index in [9.17, 15) is 14.7 Å². The van der Waals surface area contributed by atoms with Gasteiger partial charge in [0.15, 0.2) is 6.29 Å². The predicted molar refractivity (Wildman–Crippen MR) is 156 cm³/mol. The quantitative estimate of drug-likeness (QED) is 0.360. The van der Waals surface area contributed by atoms with Gasteiger partial charge in [0, 0.05) is 24.6 Å². The van der Waals surface area contributed by atoms with Crippen molar-refractivity contribution >= 4 is 12.0 Å². The Bertz CT molecular complexity index is 1090. The average molecular weight is 568 g/mol. The second-order valence-electron chi connectivity index (χ2n) is 11.0. The summed E-state index contributed by atoms with van der Waals surface area (Å²) in [5.41, 5.74) is 3.79. The Kier molecular flexibility index (Phi) is 12.0. The number of hydrogen-bond acceptors (Lipinski definition) is 7. The lowest BCUT2D eigenvalue weighted by atomic mass is 9.89. The molecule has 0 aromatic heterocycles. The fourth-order valence-electron chi connectivity index (χ4n) is 5.48. The van der Waals surface area contributed by atoms with Gasteiger partial charge < -0.3 is 34.9 Å². The molecule has 2 amide bonds. The van der Waals surface area contributed by atoms with Gasteiger partial charge in [0.2, 0.25) is 0 Å². The highest BCUT2D eigenvalue weighted by Crippen LogP contribution is 2.42. The molecule has 3 N–H and O–H groups in total. The van der Waals surface area contributed by atoms with Gasteiger partial charge in [-0.2, -0.15) is 0 Å². The molecule has 9 heteroatoms. The number of nitrogens with one attached hydrogen (secondary N) is 2. The number of likely N-dealkylation sites (tertiary alicyclic amines) is 1. The monoisotopic (exact) mass is 567 g/mol. The molecular formula is C32H45N3O6. The van der Waals surface area contributed by atoms with Crippen LogP contribution in [0.2, 0.25) is 0 Å². The number of carbonyl (C=O) groups excluding carboxylic acids is 2. The molecule has 2 fully saturated rings. The Morgan fingerprint density at radius 1 is 0.902 bits per heavy atom. The van der Waals surface area contributed by atoms with E-state index >= 15 is 0 Å². The summed E-state index contributed by atoms with van der Waals surface area (Å²) in [4.78, 5) is 26.0. The van der Waals surface area contributed by atoms with Gasteiger partial charge in [-0.3, -0.25) is 4.79 Å². The molecule has 2 heterocycles. The van der Waals surface area contributed by atoms with Crippen molar-refractivity contribution in [3.63, 3.8) is 0 Å². The topological polar surface area (TPSA) is 109 Å². The van der Waals surface area contributed by atoms with Crippen LogP contribution in [0.5, 0.6) is 0 Å². The lowest BCUT2D eigenvalue weighted by Crippen LogP contribution is -2.45. The number of benzene rings is 2. The molecule has 2 aromatic carbocycles. The Morgan fingerprint density at radius 3 is 2.20 bits per heavy atom. The summed E-state index contributed by atoms with van der Waals surface area (Å²) < 4.78 is 18.1. The van der Waals surface area contributed by atoms with E-state index in [1.54, 1.807) is 6.92 Å². The molecule has 4 atom stereocenters. The van der Waals surface area contributed by atoms with Gasteiger partial charge in [-0.15, -0.1) is 0 Å². The number of aliphatic hydroxyl groups excluding tert-OH is 1. The highest BCUT2D eigenvalue weighted by atomic mass is 16.7. The van der Waals surface area contributed by atoms with Crippen molar-refractivity contribution in [1.29, 1.82) is 0 Å². The summed E-state index contributed by atoms with van der Waals surface area (Å²) in [6.07, 6.45) is 5.69. The fourth-order valence-corrected chi connectivity index (χ4v) is 5.48. The van der Waals surface area contributed by atoms with Gasteiger partial charge in [0.1, 0.15) is 6.54 Å². The number of carbonyl (C=O) groups is 2. The van der Waals surface area contributed by atoms with Gasteiger partial charge in [-0.25, -0.2) is 4.79 Å². The molecule has 4 rings (SSSR count). The van der Waals surface area contributed by atoms with E-state index < -0.39 is 18.3 Å². The molecule has 9 nitrogen and oxygen atoms in total. The number of rotatable bonds is 10. The zero-order valence-electron chi connectivity index (χ0n) is 24.3. The van der Waals surface area contributed by atoms with E-state index in [1.807, 2.05) is 48.5 Å². The molecular weight excluding hydrogens is 522 g/mol. The number of hydrogen-bond donors (Lipinski definition) is 3. The minimum atomic E-state index is -0.525. The molecule has 0 bridgehead atoms. The van der Waals surface area contributed by atoms with Crippen molar-refractivity contribution in [2.45, 2.75) is 77.6 Å². The maximum Gasteiger partial charge on any atom is 0.325 e. The third kappa shape index (κ3) is 9.26. The van der Waals surface area contributed by atoms with E-state index in [1.165, 1.54) is 32.1 Å².